The summed E-state index contributed by atoms with van der Waals surface area (Å²) in [4.78, 5) is 11.6. The Hall–Kier alpha value is -0.780. The van der Waals surface area contributed by atoms with Gasteiger partial charge in [0.2, 0.25) is 0 Å². The monoisotopic (exact) mass is 255 g/mol. The van der Waals surface area contributed by atoms with Gasteiger partial charge in [-0.2, -0.15) is 13.2 Å². The first-order valence-corrected chi connectivity index (χ1v) is 5.56. The van der Waals surface area contributed by atoms with Gasteiger partial charge >= 0.3 is 12.1 Å². The van der Waals surface area contributed by atoms with E-state index in [1.165, 1.54) is 13.8 Å². The normalized spacial score (nSPS) is 16.1. The molecule has 3 nitrogen and oxygen atoms in total. The number of rotatable bonds is 5. The molecule has 0 radical (unpaired) electrons. The summed E-state index contributed by atoms with van der Waals surface area (Å²) in [5, 5.41) is 0. The predicted octanol–water partition coefficient (Wildman–Crippen LogP) is 2.35. The number of carbonyl (C=O) groups is 1. The van der Waals surface area contributed by atoms with E-state index >= 15 is 0 Å². The maximum absolute atomic E-state index is 12.5. The van der Waals surface area contributed by atoms with Crippen molar-refractivity contribution in [1.29, 1.82) is 0 Å². The van der Waals surface area contributed by atoms with Gasteiger partial charge in [0.05, 0.1) is 12.5 Å². The zero-order chi connectivity index (χ0) is 13.8. The van der Waals surface area contributed by atoms with Crippen LogP contribution in [0.25, 0.3) is 0 Å². The van der Waals surface area contributed by atoms with Crippen LogP contribution in [-0.4, -0.2) is 24.8 Å². The molecule has 0 rings (SSSR count). The molecule has 0 aliphatic rings. The van der Waals surface area contributed by atoms with E-state index in [4.69, 9.17) is 10.5 Å². The Morgan fingerprint density at radius 1 is 1.24 bits per heavy atom. The molecule has 6 heteroatoms. The van der Waals surface area contributed by atoms with Crippen molar-refractivity contribution in [2.75, 3.05) is 6.61 Å². The summed E-state index contributed by atoms with van der Waals surface area (Å²) >= 11 is 0. The van der Waals surface area contributed by atoms with Gasteiger partial charge in [0, 0.05) is 0 Å². The van der Waals surface area contributed by atoms with Crippen LogP contribution in [0.3, 0.4) is 0 Å². The van der Waals surface area contributed by atoms with Crippen LogP contribution >= 0.6 is 0 Å². The molecular formula is C11H20F3NO2. The van der Waals surface area contributed by atoms with Gasteiger partial charge in [0.1, 0.15) is 6.04 Å². The van der Waals surface area contributed by atoms with E-state index in [2.05, 4.69) is 0 Å². The Morgan fingerprint density at radius 3 is 2.00 bits per heavy atom. The molecule has 0 bridgehead atoms. The summed E-state index contributed by atoms with van der Waals surface area (Å²) in [5.74, 6) is -2.67. The zero-order valence-corrected chi connectivity index (χ0v) is 10.5. The molecule has 2 atom stereocenters. The van der Waals surface area contributed by atoms with Crippen molar-refractivity contribution in [3.8, 4) is 0 Å². The number of carbonyl (C=O) groups excluding carboxylic acids is 1. The molecule has 102 valence electrons. The number of alkyl halides is 3. The van der Waals surface area contributed by atoms with E-state index in [0.717, 1.165) is 0 Å². The predicted molar refractivity (Wildman–Crippen MR) is 58.2 cm³/mol. The van der Waals surface area contributed by atoms with Crippen molar-refractivity contribution in [1.82, 2.24) is 0 Å². The molecule has 0 amide bonds. The number of hydrogen-bond donors (Lipinski definition) is 1. The summed E-state index contributed by atoms with van der Waals surface area (Å²) in [6.07, 6.45) is -4.59. The standard InChI is InChI=1S/C11H20F3NO2/c1-6(2)5-17-10(16)8(7(3)4)9(15)11(12,13)14/h6-9H,5,15H2,1-4H3/t8-,9-/m0/s1. The number of nitrogens with two attached hydrogens (primary N) is 1. The minimum absolute atomic E-state index is 0.0777. The molecule has 0 unspecified atom stereocenters. The first-order valence-electron chi connectivity index (χ1n) is 5.56. The lowest BCUT2D eigenvalue weighted by molar-refractivity contribution is -0.180. The number of hydrogen-bond acceptors (Lipinski definition) is 3. The van der Waals surface area contributed by atoms with Gasteiger partial charge in [-0.15, -0.1) is 0 Å². The molecule has 0 aromatic heterocycles. The number of esters is 1. The van der Waals surface area contributed by atoms with E-state index in [-0.39, 0.29) is 12.5 Å². The van der Waals surface area contributed by atoms with Crippen molar-refractivity contribution in [3.05, 3.63) is 0 Å². The van der Waals surface area contributed by atoms with Crippen molar-refractivity contribution < 1.29 is 22.7 Å². The van der Waals surface area contributed by atoms with Crippen LogP contribution in [0.2, 0.25) is 0 Å². The summed E-state index contributed by atoms with van der Waals surface area (Å²) in [6, 6.07) is -2.18. The van der Waals surface area contributed by atoms with Crippen LogP contribution in [0.1, 0.15) is 27.7 Å². The molecule has 0 aliphatic heterocycles. The molecule has 0 aliphatic carbocycles. The number of ether oxygens (including phenoxy) is 1. The van der Waals surface area contributed by atoms with E-state index in [9.17, 15) is 18.0 Å². The molecule has 0 fully saturated rings. The van der Waals surface area contributed by atoms with Crippen LogP contribution < -0.4 is 5.73 Å². The molecule has 0 saturated carbocycles. The van der Waals surface area contributed by atoms with Gasteiger partial charge in [-0.1, -0.05) is 27.7 Å². The maximum atomic E-state index is 12.5. The third-order valence-electron chi connectivity index (χ3n) is 2.31. The second kappa shape index (κ2) is 6.23. The Labute approximate surface area is 99.5 Å². The van der Waals surface area contributed by atoms with Crippen LogP contribution in [0, 0.1) is 17.8 Å². The van der Waals surface area contributed by atoms with Gasteiger partial charge in [-0.05, 0) is 11.8 Å². The van der Waals surface area contributed by atoms with Crippen LogP contribution in [0.15, 0.2) is 0 Å². The maximum Gasteiger partial charge on any atom is 0.404 e. The minimum Gasteiger partial charge on any atom is -0.465 e. The highest BCUT2D eigenvalue weighted by Crippen LogP contribution is 2.29. The molecule has 0 aromatic rings. The summed E-state index contributed by atoms with van der Waals surface area (Å²) in [5.41, 5.74) is 5.08. The van der Waals surface area contributed by atoms with Gasteiger partial charge in [-0.25, -0.2) is 0 Å². The lowest BCUT2D eigenvalue weighted by Crippen LogP contribution is -2.49. The number of halogens is 3. The van der Waals surface area contributed by atoms with Crippen LogP contribution in [0.4, 0.5) is 13.2 Å². The van der Waals surface area contributed by atoms with E-state index in [1.54, 1.807) is 13.8 Å². The topological polar surface area (TPSA) is 52.3 Å². The second-order valence-electron chi connectivity index (χ2n) is 4.86. The second-order valence-corrected chi connectivity index (χ2v) is 4.86. The molecule has 17 heavy (non-hydrogen) atoms. The molecule has 2 N–H and O–H groups in total. The lowest BCUT2D eigenvalue weighted by Gasteiger charge is -2.27. The summed E-state index contributed by atoms with van der Waals surface area (Å²) < 4.78 is 42.3. The molecule has 0 spiro atoms. The van der Waals surface area contributed by atoms with Gasteiger partial charge in [0.15, 0.2) is 0 Å². The lowest BCUT2D eigenvalue weighted by atomic mass is 9.88. The fourth-order valence-corrected chi connectivity index (χ4v) is 1.38. The molecule has 0 saturated heterocycles. The van der Waals surface area contributed by atoms with Crippen molar-refractivity contribution in [3.63, 3.8) is 0 Å². The average Bonchev–Trinajstić information content (AvgIpc) is 2.12. The fraction of sp³-hybridized carbons (Fsp3) is 0.909. The Morgan fingerprint density at radius 2 is 1.71 bits per heavy atom. The highest BCUT2D eigenvalue weighted by Gasteiger charge is 2.46. The van der Waals surface area contributed by atoms with Crippen molar-refractivity contribution in [2.45, 2.75) is 39.9 Å². The third kappa shape index (κ3) is 5.39. The molecule has 0 heterocycles. The molecule has 0 aromatic carbocycles. The van der Waals surface area contributed by atoms with Crippen molar-refractivity contribution in [2.24, 2.45) is 23.5 Å². The van der Waals surface area contributed by atoms with Crippen LogP contribution in [0.5, 0.6) is 0 Å². The van der Waals surface area contributed by atoms with Gasteiger partial charge in [0.25, 0.3) is 0 Å². The zero-order valence-electron chi connectivity index (χ0n) is 10.5. The van der Waals surface area contributed by atoms with E-state index in [1.807, 2.05) is 0 Å². The fourth-order valence-electron chi connectivity index (χ4n) is 1.38. The Bertz CT molecular complexity index is 252. The summed E-state index contributed by atoms with van der Waals surface area (Å²) in [7, 11) is 0. The molecular weight excluding hydrogens is 235 g/mol. The summed E-state index contributed by atoms with van der Waals surface area (Å²) in [6.45, 7) is 6.76. The SMILES string of the molecule is CC(C)COC(=O)[C@@H](C(C)C)[C@H](N)C(F)(F)F. The van der Waals surface area contributed by atoms with Crippen LogP contribution in [-0.2, 0) is 9.53 Å². The van der Waals surface area contributed by atoms with Gasteiger partial charge < -0.3 is 10.5 Å². The average molecular weight is 255 g/mol. The Balaban J connectivity index is 4.69. The first-order chi connectivity index (χ1) is 7.57. The van der Waals surface area contributed by atoms with E-state index < -0.39 is 30.0 Å². The van der Waals surface area contributed by atoms with Gasteiger partial charge in [-0.3, -0.25) is 4.79 Å². The largest absolute Gasteiger partial charge is 0.465 e. The minimum atomic E-state index is -4.59. The van der Waals surface area contributed by atoms with E-state index in [0.29, 0.717) is 0 Å². The third-order valence-corrected chi connectivity index (χ3v) is 2.31. The quantitative estimate of drug-likeness (QED) is 0.767. The smallest absolute Gasteiger partial charge is 0.404 e. The Kier molecular flexibility index (Phi) is 5.95. The highest BCUT2D eigenvalue weighted by atomic mass is 19.4. The van der Waals surface area contributed by atoms with Crippen molar-refractivity contribution >= 4 is 5.97 Å². The highest BCUT2D eigenvalue weighted by molar-refractivity contribution is 5.73. The first kappa shape index (κ1) is 16.2.